The molecule has 0 saturated carbocycles. The van der Waals surface area contributed by atoms with Gasteiger partial charge in [0.25, 0.3) is 5.91 Å². The molecule has 0 aliphatic rings. The van der Waals surface area contributed by atoms with Crippen molar-refractivity contribution in [2.75, 3.05) is 13.7 Å². The number of hydrazone groups is 1. The third-order valence-corrected chi connectivity index (χ3v) is 5.09. The average molecular weight is 509 g/mol. The highest BCUT2D eigenvalue weighted by Crippen LogP contribution is 2.21. The standard InChI is InChI=1S/C26H25ClN4O5/c1-35-22-10-7-19(8-11-22)15-29-25(33)26(34)31-30-16-20-13-21(27)9-12-23(20)36-17-24(32)28-14-18-5-3-2-4-6-18/h2-13,16H,14-15,17H2,1H3,(H,28,32)(H,29,33)(H,31,34)/b30-16-. The van der Waals surface area contributed by atoms with Gasteiger partial charge in [0, 0.05) is 23.7 Å². The van der Waals surface area contributed by atoms with Crippen LogP contribution in [0.2, 0.25) is 5.02 Å². The molecule has 3 aromatic rings. The first kappa shape index (κ1) is 26.2. The van der Waals surface area contributed by atoms with Crippen LogP contribution in [0.3, 0.4) is 0 Å². The van der Waals surface area contributed by atoms with Crippen molar-refractivity contribution in [1.82, 2.24) is 16.1 Å². The summed E-state index contributed by atoms with van der Waals surface area (Å²) in [7, 11) is 1.56. The fourth-order valence-corrected chi connectivity index (χ4v) is 3.14. The number of benzene rings is 3. The molecule has 0 aromatic heterocycles. The molecule has 36 heavy (non-hydrogen) atoms. The summed E-state index contributed by atoms with van der Waals surface area (Å²) in [5, 5.41) is 9.48. The third kappa shape index (κ3) is 8.44. The van der Waals surface area contributed by atoms with Crippen molar-refractivity contribution < 1.29 is 23.9 Å². The maximum Gasteiger partial charge on any atom is 0.329 e. The van der Waals surface area contributed by atoms with Crippen molar-refractivity contribution in [3.8, 4) is 11.5 Å². The van der Waals surface area contributed by atoms with Crippen LogP contribution in [0.25, 0.3) is 0 Å². The Morgan fingerprint density at radius 1 is 0.889 bits per heavy atom. The fourth-order valence-electron chi connectivity index (χ4n) is 2.96. The van der Waals surface area contributed by atoms with Crippen molar-refractivity contribution in [3.63, 3.8) is 0 Å². The summed E-state index contributed by atoms with van der Waals surface area (Å²) in [6.07, 6.45) is 1.28. The highest BCUT2D eigenvalue weighted by Gasteiger charge is 2.12. The van der Waals surface area contributed by atoms with E-state index in [2.05, 4.69) is 21.2 Å². The summed E-state index contributed by atoms with van der Waals surface area (Å²) < 4.78 is 10.7. The van der Waals surface area contributed by atoms with Crippen molar-refractivity contribution >= 4 is 35.5 Å². The number of ether oxygens (including phenoxy) is 2. The first-order valence-corrected chi connectivity index (χ1v) is 11.3. The molecule has 0 aliphatic carbocycles. The van der Waals surface area contributed by atoms with Crippen LogP contribution in [0.4, 0.5) is 0 Å². The van der Waals surface area contributed by atoms with E-state index >= 15 is 0 Å². The number of carbonyl (C=O) groups is 3. The molecule has 186 valence electrons. The second kappa shape index (κ2) is 13.5. The molecule has 0 fully saturated rings. The van der Waals surface area contributed by atoms with Crippen molar-refractivity contribution in [2.24, 2.45) is 5.10 Å². The van der Waals surface area contributed by atoms with E-state index in [4.69, 9.17) is 21.1 Å². The second-order valence-corrected chi connectivity index (χ2v) is 7.90. The third-order valence-electron chi connectivity index (χ3n) is 4.85. The van der Waals surface area contributed by atoms with Crippen LogP contribution < -0.4 is 25.5 Å². The molecule has 0 spiro atoms. The number of nitrogens with one attached hydrogen (secondary N) is 3. The number of hydrogen-bond acceptors (Lipinski definition) is 6. The molecular weight excluding hydrogens is 484 g/mol. The Bertz CT molecular complexity index is 1220. The van der Waals surface area contributed by atoms with Crippen LogP contribution in [0.15, 0.2) is 77.9 Å². The minimum atomic E-state index is -0.940. The van der Waals surface area contributed by atoms with Crippen LogP contribution in [0.5, 0.6) is 11.5 Å². The summed E-state index contributed by atoms with van der Waals surface area (Å²) >= 11 is 6.05. The van der Waals surface area contributed by atoms with Gasteiger partial charge in [0.1, 0.15) is 11.5 Å². The molecule has 0 aliphatic heterocycles. The van der Waals surface area contributed by atoms with Gasteiger partial charge in [-0.3, -0.25) is 14.4 Å². The Hall–Kier alpha value is -4.37. The molecule has 0 heterocycles. The lowest BCUT2D eigenvalue weighted by Gasteiger charge is -2.10. The monoisotopic (exact) mass is 508 g/mol. The van der Waals surface area contributed by atoms with Gasteiger partial charge in [-0.15, -0.1) is 0 Å². The molecule has 0 radical (unpaired) electrons. The Morgan fingerprint density at radius 3 is 2.31 bits per heavy atom. The van der Waals surface area contributed by atoms with E-state index in [0.717, 1.165) is 11.1 Å². The van der Waals surface area contributed by atoms with E-state index in [0.29, 0.717) is 28.6 Å². The van der Waals surface area contributed by atoms with Gasteiger partial charge in [-0.25, -0.2) is 5.43 Å². The Morgan fingerprint density at radius 2 is 1.58 bits per heavy atom. The van der Waals surface area contributed by atoms with E-state index in [1.807, 2.05) is 30.3 Å². The molecular formula is C26H25ClN4O5. The number of carbonyl (C=O) groups excluding carboxylic acids is 3. The van der Waals surface area contributed by atoms with Gasteiger partial charge in [0.05, 0.1) is 13.3 Å². The molecule has 10 heteroatoms. The zero-order valence-electron chi connectivity index (χ0n) is 19.5. The summed E-state index contributed by atoms with van der Waals surface area (Å²) in [5.74, 6) is -1.07. The van der Waals surface area contributed by atoms with Crippen molar-refractivity contribution in [1.29, 1.82) is 0 Å². The summed E-state index contributed by atoms with van der Waals surface area (Å²) in [6, 6.07) is 21.3. The van der Waals surface area contributed by atoms with Gasteiger partial charge < -0.3 is 20.1 Å². The van der Waals surface area contributed by atoms with E-state index < -0.39 is 11.8 Å². The van der Waals surface area contributed by atoms with Crippen LogP contribution >= 0.6 is 11.6 Å². The Labute approximate surface area is 213 Å². The lowest BCUT2D eigenvalue weighted by atomic mass is 10.2. The number of hydrogen-bond donors (Lipinski definition) is 3. The highest BCUT2D eigenvalue weighted by atomic mass is 35.5. The van der Waals surface area contributed by atoms with Crippen LogP contribution in [0, 0.1) is 0 Å². The summed E-state index contributed by atoms with van der Waals surface area (Å²) in [4.78, 5) is 36.2. The predicted octanol–water partition coefficient (Wildman–Crippen LogP) is 2.81. The van der Waals surface area contributed by atoms with Crippen molar-refractivity contribution in [2.45, 2.75) is 13.1 Å². The molecule has 9 nitrogen and oxygen atoms in total. The minimum absolute atomic E-state index is 0.165. The number of rotatable bonds is 10. The minimum Gasteiger partial charge on any atom is -0.497 e. The van der Waals surface area contributed by atoms with Gasteiger partial charge >= 0.3 is 11.8 Å². The molecule has 3 rings (SSSR count). The van der Waals surface area contributed by atoms with Gasteiger partial charge in [0.2, 0.25) is 0 Å². The van der Waals surface area contributed by atoms with E-state index in [1.54, 1.807) is 49.6 Å². The lowest BCUT2D eigenvalue weighted by Crippen LogP contribution is -2.37. The predicted molar refractivity (Wildman–Crippen MR) is 136 cm³/mol. The first-order chi connectivity index (χ1) is 17.4. The smallest absolute Gasteiger partial charge is 0.329 e. The van der Waals surface area contributed by atoms with E-state index in [9.17, 15) is 14.4 Å². The second-order valence-electron chi connectivity index (χ2n) is 7.46. The first-order valence-electron chi connectivity index (χ1n) is 10.9. The molecule has 3 N–H and O–H groups in total. The molecule has 0 bridgehead atoms. The van der Waals surface area contributed by atoms with Crippen LogP contribution in [-0.4, -0.2) is 37.7 Å². The van der Waals surface area contributed by atoms with Gasteiger partial charge in [0.15, 0.2) is 6.61 Å². The summed E-state index contributed by atoms with van der Waals surface area (Å²) in [5.41, 5.74) is 4.34. The van der Waals surface area contributed by atoms with Crippen LogP contribution in [0.1, 0.15) is 16.7 Å². The molecule has 0 atom stereocenters. The highest BCUT2D eigenvalue weighted by molar-refractivity contribution is 6.35. The molecule has 3 amide bonds. The Balaban J connectivity index is 1.48. The number of amides is 3. The largest absolute Gasteiger partial charge is 0.497 e. The lowest BCUT2D eigenvalue weighted by molar-refractivity contribution is -0.139. The van der Waals surface area contributed by atoms with Gasteiger partial charge in [-0.05, 0) is 41.5 Å². The average Bonchev–Trinajstić information content (AvgIpc) is 2.90. The molecule has 0 saturated heterocycles. The van der Waals surface area contributed by atoms with Crippen molar-refractivity contribution in [3.05, 3.63) is 94.5 Å². The number of halogens is 1. The number of methoxy groups -OCH3 is 1. The quantitative estimate of drug-likeness (QED) is 0.221. The zero-order chi connectivity index (χ0) is 25.8. The normalized spacial score (nSPS) is 10.5. The maximum atomic E-state index is 12.1. The van der Waals surface area contributed by atoms with E-state index in [-0.39, 0.29) is 19.1 Å². The van der Waals surface area contributed by atoms with Crippen LogP contribution in [-0.2, 0) is 27.5 Å². The Kier molecular flexibility index (Phi) is 9.84. The molecule has 3 aromatic carbocycles. The summed E-state index contributed by atoms with van der Waals surface area (Å²) in [6.45, 7) is 0.318. The SMILES string of the molecule is COc1ccc(CNC(=O)C(=O)N/N=C\c2cc(Cl)ccc2OCC(=O)NCc2ccccc2)cc1. The van der Waals surface area contributed by atoms with Gasteiger partial charge in [-0.2, -0.15) is 5.10 Å². The van der Waals surface area contributed by atoms with Gasteiger partial charge in [-0.1, -0.05) is 54.1 Å². The van der Waals surface area contributed by atoms with E-state index in [1.165, 1.54) is 6.21 Å². The maximum absolute atomic E-state index is 12.1. The number of nitrogens with zero attached hydrogens (tertiary/aromatic N) is 1. The topological polar surface area (TPSA) is 118 Å². The molecule has 0 unspecified atom stereocenters. The zero-order valence-corrected chi connectivity index (χ0v) is 20.2. The fraction of sp³-hybridized carbons (Fsp3) is 0.154.